The first-order valence-corrected chi connectivity index (χ1v) is 8.72. The average Bonchev–Trinajstić information content (AvgIpc) is 2.77. The summed E-state index contributed by atoms with van der Waals surface area (Å²) in [6, 6.07) is 12.4. The maximum atomic E-state index is 12.7. The zero-order chi connectivity index (χ0) is 21.7. The molecule has 0 saturated heterocycles. The molecule has 0 aliphatic heterocycles. The van der Waals surface area contributed by atoms with E-state index in [9.17, 15) is 22.8 Å². The van der Waals surface area contributed by atoms with Crippen LogP contribution in [0, 0.1) is 0 Å². The number of nitrogens with zero attached hydrogens (tertiary/aromatic N) is 1. The lowest BCUT2D eigenvalue weighted by molar-refractivity contribution is -0.137. The van der Waals surface area contributed by atoms with Crippen LogP contribution in [0.5, 0.6) is 0 Å². The fourth-order valence-electron chi connectivity index (χ4n) is 2.70. The third kappa shape index (κ3) is 5.00. The molecule has 0 saturated carbocycles. The molecule has 0 aliphatic rings. The Hall–Kier alpha value is -3.72. The smallest absolute Gasteiger partial charge is 0.348 e. The van der Waals surface area contributed by atoms with E-state index in [2.05, 4.69) is 10.3 Å². The number of rotatable bonds is 5. The van der Waals surface area contributed by atoms with E-state index in [0.717, 1.165) is 17.7 Å². The zero-order valence-electron chi connectivity index (χ0n) is 15.4. The molecule has 0 aliphatic carbocycles. The summed E-state index contributed by atoms with van der Waals surface area (Å²) in [4.78, 5) is 27.7. The summed E-state index contributed by atoms with van der Waals surface area (Å²) in [5.74, 6) is -1.05. The summed E-state index contributed by atoms with van der Waals surface area (Å²) < 4.78 is 38.1. The summed E-state index contributed by atoms with van der Waals surface area (Å²) in [5, 5.41) is 11.3. The molecule has 154 valence electrons. The van der Waals surface area contributed by atoms with E-state index in [1.807, 2.05) is 0 Å². The monoisotopic (exact) mass is 415 g/mol. The molecule has 30 heavy (non-hydrogen) atoms. The normalized spacial score (nSPS) is 11.1. The summed E-state index contributed by atoms with van der Waals surface area (Å²) in [6.45, 7) is 0.185. The van der Waals surface area contributed by atoms with Crippen LogP contribution in [0.3, 0.4) is 0 Å². The fourth-order valence-corrected chi connectivity index (χ4v) is 2.70. The molecule has 0 unspecified atom stereocenters. The van der Waals surface area contributed by atoms with Crippen molar-refractivity contribution < 1.29 is 28.0 Å². The number of halogens is 3. The minimum atomic E-state index is -4.42. The second-order valence-corrected chi connectivity index (χ2v) is 6.36. The number of hydroxylamine groups is 1. The van der Waals surface area contributed by atoms with Gasteiger partial charge in [0, 0.05) is 30.1 Å². The molecule has 1 aromatic heterocycles. The molecule has 0 radical (unpaired) electrons. The van der Waals surface area contributed by atoms with Crippen LogP contribution in [0.25, 0.3) is 11.1 Å². The molecule has 6 nitrogen and oxygen atoms in total. The Balaban J connectivity index is 1.68. The van der Waals surface area contributed by atoms with Crippen LogP contribution in [-0.4, -0.2) is 22.0 Å². The van der Waals surface area contributed by atoms with Crippen LogP contribution in [0.2, 0.25) is 0 Å². The van der Waals surface area contributed by atoms with Gasteiger partial charge in [0.25, 0.3) is 11.8 Å². The van der Waals surface area contributed by atoms with Gasteiger partial charge in [-0.25, -0.2) is 5.48 Å². The second kappa shape index (κ2) is 8.75. The van der Waals surface area contributed by atoms with Gasteiger partial charge in [-0.3, -0.25) is 19.8 Å². The van der Waals surface area contributed by atoms with Crippen LogP contribution >= 0.6 is 0 Å². The molecular weight excluding hydrogens is 399 g/mol. The summed E-state index contributed by atoms with van der Waals surface area (Å²) in [6.07, 6.45) is -1.60. The molecule has 1 heterocycles. The summed E-state index contributed by atoms with van der Waals surface area (Å²) in [7, 11) is 0. The van der Waals surface area contributed by atoms with Crippen molar-refractivity contribution in [1.29, 1.82) is 0 Å². The minimum Gasteiger partial charge on any atom is -0.348 e. The second-order valence-electron chi connectivity index (χ2n) is 6.36. The minimum absolute atomic E-state index is 0.185. The third-order valence-corrected chi connectivity index (χ3v) is 4.32. The SMILES string of the molecule is O=C(NO)c1ccc(CNC(=O)c2cncc(-c3ccc(C(F)(F)F)cc3)c2)cc1. The lowest BCUT2D eigenvalue weighted by Crippen LogP contribution is -2.23. The lowest BCUT2D eigenvalue weighted by Gasteiger charge is -2.09. The lowest BCUT2D eigenvalue weighted by atomic mass is 10.0. The topological polar surface area (TPSA) is 91.3 Å². The first-order valence-electron chi connectivity index (χ1n) is 8.72. The highest BCUT2D eigenvalue weighted by Crippen LogP contribution is 2.31. The van der Waals surface area contributed by atoms with Gasteiger partial charge in [0.15, 0.2) is 0 Å². The maximum absolute atomic E-state index is 12.7. The van der Waals surface area contributed by atoms with E-state index in [1.54, 1.807) is 18.2 Å². The number of carbonyl (C=O) groups is 2. The van der Waals surface area contributed by atoms with Crippen molar-refractivity contribution in [2.24, 2.45) is 0 Å². The highest BCUT2D eigenvalue weighted by molar-refractivity contribution is 5.95. The highest BCUT2D eigenvalue weighted by Gasteiger charge is 2.30. The highest BCUT2D eigenvalue weighted by atomic mass is 19.4. The number of hydrogen-bond donors (Lipinski definition) is 3. The molecule has 2 amide bonds. The first-order chi connectivity index (χ1) is 14.3. The van der Waals surface area contributed by atoms with Crippen molar-refractivity contribution in [1.82, 2.24) is 15.8 Å². The maximum Gasteiger partial charge on any atom is 0.416 e. The molecule has 0 atom stereocenters. The molecule has 0 spiro atoms. The number of pyridine rings is 1. The van der Waals surface area contributed by atoms with Crippen molar-refractivity contribution in [2.45, 2.75) is 12.7 Å². The predicted molar refractivity (Wildman–Crippen MR) is 102 cm³/mol. The van der Waals surface area contributed by atoms with Crippen LogP contribution in [-0.2, 0) is 12.7 Å². The van der Waals surface area contributed by atoms with Gasteiger partial charge in [0.2, 0.25) is 0 Å². The van der Waals surface area contributed by atoms with E-state index < -0.39 is 23.6 Å². The zero-order valence-corrected chi connectivity index (χ0v) is 15.4. The number of amides is 2. The van der Waals surface area contributed by atoms with Gasteiger partial charge in [-0.1, -0.05) is 24.3 Å². The largest absolute Gasteiger partial charge is 0.416 e. The number of alkyl halides is 3. The number of nitrogens with one attached hydrogen (secondary N) is 2. The van der Waals surface area contributed by atoms with E-state index in [-0.39, 0.29) is 17.7 Å². The predicted octanol–water partition coefficient (Wildman–Crippen LogP) is 3.82. The standard InChI is InChI=1S/C21H16F3N3O3/c22-21(23,24)18-7-5-14(6-8-18)16-9-17(12-25-11-16)19(28)26-10-13-1-3-15(4-2-13)20(29)27-30/h1-9,11-12,30H,10H2,(H,26,28)(H,27,29). The summed E-state index contributed by atoms with van der Waals surface area (Å²) in [5.41, 5.74) is 3.03. The van der Waals surface area contributed by atoms with Crippen molar-refractivity contribution in [2.75, 3.05) is 0 Å². The molecule has 0 bridgehead atoms. The number of aromatic nitrogens is 1. The molecule has 3 N–H and O–H groups in total. The first kappa shape index (κ1) is 21.0. The van der Waals surface area contributed by atoms with E-state index >= 15 is 0 Å². The number of benzene rings is 2. The Labute approximate surface area is 169 Å². The molecule has 9 heteroatoms. The van der Waals surface area contributed by atoms with Gasteiger partial charge in [-0.05, 0) is 41.5 Å². The van der Waals surface area contributed by atoms with E-state index in [4.69, 9.17) is 5.21 Å². The Bertz CT molecular complexity index is 1050. The van der Waals surface area contributed by atoms with Gasteiger partial charge >= 0.3 is 6.18 Å². The van der Waals surface area contributed by atoms with Gasteiger partial charge in [-0.15, -0.1) is 0 Å². The van der Waals surface area contributed by atoms with Crippen LogP contribution in [0.4, 0.5) is 13.2 Å². The van der Waals surface area contributed by atoms with Crippen LogP contribution in [0.1, 0.15) is 31.8 Å². The van der Waals surface area contributed by atoms with Crippen LogP contribution in [0.15, 0.2) is 67.0 Å². The van der Waals surface area contributed by atoms with Crippen molar-refractivity contribution in [3.63, 3.8) is 0 Å². The molecule has 3 rings (SSSR count). The van der Waals surface area contributed by atoms with E-state index in [0.29, 0.717) is 11.1 Å². The Morgan fingerprint density at radius 3 is 2.13 bits per heavy atom. The van der Waals surface area contributed by atoms with Gasteiger partial charge in [0.1, 0.15) is 0 Å². The third-order valence-electron chi connectivity index (χ3n) is 4.32. The Morgan fingerprint density at radius 2 is 1.53 bits per heavy atom. The molecule has 2 aromatic carbocycles. The quantitative estimate of drug-likeness (QED) is 0.437. The van der Waals surface area contributed by atoms with Crippen molar-refractivity contribution in [3.8, 4) is 11.1 Å². The number of hydrogen-bond acceptors (Lipinski definition) is 4. The molecule has 3 aromatic rings. The fraction of sp³-hybridized carbons (Fsp3) is 0.0952. The number of carbonyl (C=O) groups excluding carboxylic acids is 2. The molecular formula is C21H16F3N3O3. The average molecular weight is 415 g/mol. The van der Waals surface area contributed by atoms with E-state index in [1.165, 1.54) is 42.1 Å². The molecule has 0 fully saturated rings. The Kier molecular flexibility index (Phi) is 6.12. The van der Waals surface area contributed by atoms with Gasteiger partial charge < -0.3 is 5.32 Å². The Morgan fingerprint density at radius 1 is 0.867 bits per heavy atom. The van der Waals surface area contributed by atoms with Crippen LogP contribution < -0.4 is 10.8 Å². The van der Waals surface area contributed by atoms with Gasteiger partial charge in [0.05, 0.1) is 11.1 Å². The van der Waals surface area contributed by atoms with Crippen molar-refractivity contribution in [3.05, 3.63) is 89.2 Å². The summed E-state index contributed by atoms with van der Waals surface area (Å²) >= 11 is 0. The van der Waals surface area contributed by atoms with Crippen molar-refractivity contribution >= 4 is 11.8 Å². The van der Waals surface area contributed by atoms with Gasteiger partial charge in [-0.2, -0.15) is 13.2 Å².